The van der Waals surface area contributed by atoms with Gasteiger partial charge in [-0.3, -0.25) is 0 Å². The average molecular weight is 340 g/mol. The zero-order valence-electron chi connectivity index (χ0n) is 9.27. The van der Waals surface area contributed by atoms with E-state index in [1.54, 1.807) is 0 Å². The van der Waals surface area contributed by atoms with Crippen molar-refractivity contribution in [1.29, 1.82) is 0 Å². The molecule has 0 saturated carbocycles. The molecular formula is C14H13IO2. The van der Waals surface area contributed by atoms with Gasteiger partial charge in [-0.1, -0.05) is 36.4 Å². The largest absolute Gasteiger partial charge is 0.490 e. The Bertz CT molecular complexity index is 483. The van der Waals surface area contributed by atoms with Crippen LogP contribution in [0, 0.1) is 3.57 Å². The summed E-state index contributed by atoms with van der Waals surface area (Å²) in [6.45, 7) is 0.372. The number of aliphatic hydroxyl groups excluding tert-OH is 1. The van der Waals surface area contributed by atoms with E-state index in [-0.39, 0.29) is 6.61 Å². The van der Waals surface area contributed by atoms with Crippen molar-refractivity contribution in [2.45, 2.75) is 0 Å². The van der Waals surface area contributed by atoms with Gasteiger partial charge in [0.25, 0.3) is 0 Å². The van der Waals surface area contributed by atoms with E-state index in [9.17, 15) is 0 Å². The number of benzene rings is 2. The summed E-state index contributed by atoms with van der Waals surface area (Å²) in [4.78, 5) is 0. The molecule has 0 amide bonds. The number of ether oxygens (including phenoxy) is 1. The van der Waals surface area contributed by atoms with E-state index in [4.69, 9.17) is 9.84 Å². The fourth-order valence-electron chi connectivity index (χ4n) is 1.58. The van der Waals surface area contributed by atoms with Crippen LogP contribution in [0.25, 0.3) is 11.1 Å². The molecule has 2 nitrogen and oxygen atoms in total. The Morgan fingerprint density at radius 2 is 1.76 bits per heavy atom. The smallest absolute Gasteiger partial charge is 0.132 e. The second-order valence-corrected chi connectivity index (χ2v) is 4.75. The number of hydrogen-bond donors (Lipinski definition) is 1. The highest BCUT2D eigenvalue weighted by molar-refractivity contribution is 14.1. The molecule has 88 valence electrons. The van der Waals surface area contributed by atoms with Crippen molar-refractivity contribution in [1.82, 2.24) is 0 Å². The molecule has 0 aliphatic heterocycles. The van der Waals surface area contributed by atoms with Gasteiger partial charge in [0.15, 0.2) is 0 Å². The molecule has 0 aliphatic carbocycles. The molecule has 0 aliphatic rings. The first-order valence-corrected chi connectivity index (χ1v) is 6.48. The van der Waals surface area contributed by atoms with Crippen LogP contribution in [0.15, 0.2) is 48.5 Å². The maximum absolute atomic E-state index is 8.72. The van der Waals surface area contributed by atoms with E-state index >= 15 is 0 Å². The number of halogens is 1. The van der Waals surface area contributed by atoms with Crippen molar-refractivity contribution in [3.05, 3.63) is 52.1 Å². The van der Waals surface area contributed by atoms with Gasteiger partial charge < -0.3 is 9.84 Å². The van der Waals surface area contributed by atoms with E-state index in [2.05, 4.69) is 40.8 Å². The minimum absolute atomic E-state index is 0.0382. The molecule has 3 heteroatoms. The minimum atomic E-state index is 0.0382. The van der Waals surface area contributed by atoms with Crippen molar-refractivity contribution in [2.24, 2.45) is 0 Å². The topological polar surface area (TPSA) is 29.5 Å². The minimum Gasteiger partial charge on any atom is -0.490 e. The van der Waals surface area contributed by atoms with Crippen LogP contribution in [0.2, 0.25) is 0 Å². The van der Waals surface area contributed by atoms with Gasteiger partial charge in [-0.2, -0.15) is 0 Å². The van der Waals surface area contributed by atoms with Gasteiger partial charge in [-0.15, -0.1) is 0 Å². The van der Waals surface area contributed by atoms with Crippen LogP contribution in [0.1, 0.15) is 0 Å². The predicted octanol–water partition coefficient (Wildman–Crippen LogP) is 3.33. The number of aliphatic hydroxyl groups is 1. The molecule has 0 fully saturated rings. The van der Waals surface area contributed by atoms with Crippen LogP contribution in [-0.2, 0) is 0 Å². The number of rotatable bonds is 4. The third-order valence-electron chi connectivity index (χ3n) is 2.39. The Morgan fingerprint density at radius 3 is 2.41 bits per heavy atom. The zero-order chi connectivity index (χ0) is 12.1. The quantitative estimate of drug-likeness (QED) is 0.866. The maximum Gasteiger partial charge on any atom is 0.132 e. The lowest BCUT2D eigenvalue weighted by Gasteiger charge is -2.08. The molecule has 0 heterocycles. The molecule has 0 spiro atoms. The van der Waals surface area contributed by atoms with Gasteiger partial charge in [0.1, 0.15) is 12.4 Å². The van der Waals surface area contributed by atoms with Gasteiger partial charge in [0, 0.05) is 0 Å². The predicted molar refractivity (Wildman–Crippen MR) is 77.2 cm³/mol. The van der Waals surface area contributed by atoms with Crippen LogP contribution in [0.3, 0.4) is 0 Å². The first-order valence-electron chi connectivity index (χ1n) is 5.40. The molecule has 2 rings (SSSR count). The Hall–Kier alpha value is -1.07. The van der Waals surface area contributed by atoms with Gasteiger partial charge in [-0.25, -0.2) is 0 Å². The lowest BCUT2D eigenvalue weighted by molar-refractivity contribution is 0.200. The summed E-state index contributed by atoms with van der Waals surface area (Å²) in [7, 11) is 0. The fraction of sp³-hybridized carbons (Fsp3) is 0.143. The summed E-state index contributed by atoms with van der Waals surface area (Å²) in [6.07, 6.45) is 0. The lowest BCUT2D eigenvalue weighted by Crippen LogP contribution is -2.02. The van der Waals surface area contributed by atoms with Crippen LogP contribution < -0.4 is 4.74 Å². The summed E-state index contributed by atoms with van der Waals surface area (Å²) < 4.78 is 6.47. The Labute approximate surface area is 114 Å². The molecule has 17 heavy (non-hydrogen) atoms. The summed E-state index contributed by atoms with van der Waals surface area (Å²) in [5.74, 6) is 0.819. The van der Waals surface area contributed by atoms with E-state index in [1.807, 2.05) is 30.3 Å². The Kier molecular flexibility index (Phi) is 4.39. The SMILES string of the molecule is OCCOc1ccc(-c2ccccc2)cc1I. The van der Waals surface area contributed by atoms with Crippen LogP contribution in [0.4, 0.5) is 0 Å². The van der Waals surface area contributed by atoms with Crippen molar-refractivity contribution in [2.75, 3.05) is 13.2 Å². The third-order valence-corrected chi connectivity index (χ3v) is 3.23. The van der Waals surface area contributed by atoms with E-state index in [0.717, 1.165) is 9.32 Å². The summed E-state index contributed by atoms with van der Waals surface area (Å²) in [6, 6.07) is 16.3. The molecule has 0 saturated heterocycles. The van der Waals surface area contributed by atoms with Gasteiger partial charge in [0.05, 0.1) is 10.2 Å². The molecule has 2 aromatic rings. The van der Waals surface area contributed by atoms with Crippen molar-refractivity contribution < 1.29 is 9.84 Å². The van der Waals surface area contributed by atoms with Crippen molar-refractivity contribution in [3.8, 4) is 16.9 Å². The van der Waals surface area contributed by atoms with Gasteiger partial charge in [-0.05, 0) is 45.9 Å². The van der Waals surface area contributed by atoms with E-state index in [0.29, 0.717) is 6.61 Å². The molecule has 2 aromatic carbocycles. The first-order chi connectivity index (χ1) is 8.31. The molecular weight excluding hydrogens is 327 g/mol. The highest BCUT2D eigenvalue weighted by Gasteiger charge is 2.03. The molecule has 0 bridgehead atoms. The average Bonchev–Trinajstić information content (AvgIpc) is 2.38. The summed E-state index contributed by atoms with van der Waals surface area (Å²) in [5, 5.41) is 8.72. The van der Waals surface area contributed by atoms with E-state index in [1.165, 1.54) is 11.1 Å². The van der Waals surface area contributed by atoms with Crippen molar-refractivity contribution >= 4 is 22.6 Å². The lowest BCUT2D eigenvalue weighted by atomic mass is 10.1. The first kappa shape index (κ1) is 12.4. The Balaban J connectivity index is 2.25. The summed E-state index contributed by atoms with van der Waals surface area (Å²) >= 11 is 2.25. The standard InChI is InChI=1S/C14H13IO2/c15-13-10-12(11-4-2-1-3-5-11)6-7-14(13)17-9-8-16/h1-7,10,16H,8-9H2. The zero-order valence-corrected chi connectivity index (χ0v) is 11.4. The van der Waals surface area contributed by atoms with E-state index < -0.39 is 0 Å². The molecule has 1 N–H and O–H groups in total. The van der Waals surface area contributed by atoms with Crippen LogP contribution in [0.5, 0.6) is 5.75 Å². The third kappa shape index (κ3) is 3.20. The van der Waals surface area contributed by atoms with Gasteiger partial charge in [0.2, 0.25) is 0 Å². The van der Waals surface area contributed by atoms with Crippen molar-refractivity contribution in [3.63, 3.8) is 0 Å². The molecule has 0 unspecified atom stereocenters. The second kappa shape index (κ2) is 6.02. The highest BCUT2D eigenvalue weighted by atomic mass is 127. The van der Waals surface area contributed by atoms with Crippen LogP contribution in [-0.4, -0.2) is 18.3 Å². The Morgan fingerprint density at radius 1 is 1.00 bits per heavy atom. The normalized spacial score (nSPS) is 10.2. The molecule has 0 aromatic heterocycles. The maximum atomic E-state index is 8.72. The number of hydrogen-bond acceptors (Lipinski definition) is 2. The van der Waals surface area contributed by atoms with Gasteiger partial charge >= 0.3 is 0 Å². The molecule has 0 atom stereocenters. The molecule has 0 radical (unpaired) electrons. The summed E-state index contributed by atoms with van der Waals surface area (Å²) in [5.41, 5.74) is 2.37. The second-order valence-electron chi connectivity index (χ2n) is 3.58. The highest BCUT2D eigenvalue weighted by Crippen LogP contribution is 2.27. The van der Waals surface area contributed by atoms with Crippen LogP contribution >= 0.6 is 22.6 Å². The fourth-order valence-corrected chi connectivity index (χ4v) is 2.25. The monoisotopic (exact) mass is 340 g/mol.